The fourth-order valence-corrected chi connectivity index (χ4v) is 3.68. The standard InChI is InChI=1S/C19H38N2O13P2/c1-18(2,11-33-35(27,28)29)14(23)16(25)20-9-5-7-13(22)8-6-10-21-17(26)15(24)19(3,4)12-34-36(30,31)32/h14-15,23-24H,5-12H2,1-4H3,(H,20,25)(H,21,26)(H2,27,28,29)(H2,30,31,32). The molecule has 2 unspecified atom stereocenters. The molecule has 0 aliphatic heterocycles. The third-order valence-electron chi connectivity index (χ3n) is 5.05. The van der Waals surface area contributed by atoms with Crippen molar-refractivity contribution in [3.05, 3.63) is 0 Å². The highest BCUT2D eigenvalue weighted by atomic mass is 31.2. The van der Waals surface area contributed by atoms with Crippen molar-refractivity contribution in [1.29, 1.82) is 0 Å². The van der Waals surface area contributed by atoms with Gasteiger partial charge in [0.05, 0.1) is 13.2 Å². The highest BCUT2D eigenvalue weighted by Crippen LogP contribution is 2.39. The van der Waals surface area contributed by atoms with Gasteiger partial charge in [0.1, 0.15) is 18.0 Å². The van der Waals surface area contributed by atoms with E-state index in [2.05, 4.69) is 19.7 Å². The molecule has 0 saturated carbocycles. The highest BCUT2D eigenvalue weighted by Gasteiger charge is 2.37. The van der Waals surface area contributed by atoms with Crippen LogP contribution in [-0.4, -0.2) is 85.9 Å². The van der Waals surface area contributed by atoms with Gasteiger partial charge in [0.2, 0.25) is 11.8 Å². The molecular weight excluding hydrogens is 526 g/mol. The molecule has 212 valence electrons. The molecule has 0 spiro atoms. The molecular formula is C19H38N2O13P2. The minimum atomic E-state index is -4.75. The number of phosphoric acid groups is 2. The Hall–Kier alpha value is -1.25. The first-order chi connectivity index (χ1) is 16.2. The van der Waals surface area contributed by atoms with Gasteiger partial charge < -0.3 is 40.4 Å². The second-order valence-corrected chi connectivity index (χ2v) is 12.1. The second-order valence-electron chi connectivity index (χ2n) is 9.64. The average Bonchev–Trinajstić information content (AvgIpc) is 2.74. The number of amides is 2. The number of nitrogens with one attached hydrogen (secondary N) is 2. The van der Waals surface area contributed by atoms with E-state index in [0.717, 1.165) is 0 Å². The van der Waals surface area contributed by atoms with Crippen LogP contribution >= 0.6 is 15.6 Å². The van der Waals surface area contributed by atoms with Crippen molar-refractivity contribution in [2.75, 3.05) is 26.3 Å². The zero-order valence-electron chi connectivity index (χ0n) is 20.7. The van der Waals surface area contributed by atoms with Crippen LogP contribution in [-0.2, 0) is 32.6 Å². The third kappa shape index (κ3) is 15.1. The molecule has 0 heterocycles. The van der Waals surface area contributed by atoms with Crippen molar-refractivity contribution >= 4 is 33.2 Å². The number of aliphatic hydroxyl groups excluding tert-OH is 2. The van der Waals surface area contributed by atoms with Gasteiger partial charge in [-0.3, -0.25) is 23.4 Å². The summed E-state index contributed by atoms with van der Waals surface area (Å²) in [5.41, 5.74) is -2.55. The van der Waals surface area contributed by atoms with Gasteiger partial charge in [-0.25, -0.2) is 9.13 Å². The summed E-state index contributed by atoms with van der Waals surface area (Å²) in [7, 11) is -9.51. The molecule has 0 aromatic rings. The summed E-state index contributed by atoms with van der Waals surface area (Å²) in [4.78, 5) is 71.0. The Morgan fingerprint density at radius 1 is 0.722 bits per heavy atom. The van der Waals surface area contributed by atoms with E-state index in [1.165, 1.54) is 27.7 Å². The molecule has 15 nitrogen and oxygen atoms in total. The number of hydrogen-bond acceptors (Lipinski definition) is 9. The fourth-order valence-electron chi connectivity index (χ4n) is 2.68. The average molecular weight is 564 g/mol. The van der Waals surface area contributed by atoms with Crippen LogP contribution in [0.2, 0.25) is 0 Å². The van der Waals surface area contributed by atoms with Crippen LogP contribution in [0.15, 0.2) is 0 Å². The molecule has 0 saturated heterocycles. The molecule has 0 fully saturated rings. The van der Waals surface area contributed by atoms with Gasteiger partial charge in [0.25, 0.3) is 0 Å². The van der Waals surface area contributed by atoms with E-state index in [1.54, 1.807) is 0 Å². The van der Waals surface area contributed by atoms with Crippen molar-refractivity contribution in [2.24, 2.45) is 10.8 Å². The molecule has 0 aromatic heterocycles. The number of rotatable bonds is 18. The van der Waals surface area contributed by atoms with Gasteiger partial charge in [0, 0.05) is 36.8 Å². The van der Waals surface area contributed by atoms with Crippen molar-refractivity contribution in [3.8, 4) is 0 Å². The van der Waals surface area contributed by atoms with Gasteiger partial charge in [-0.15, -0.1) is 0 Å². The lowest BCUT2D eigenvalue weighted by Crippen LogP contribution is -2.46. The maximum atomic E-state index is 12.0. The number of aliphatic hydroxyl groups is 2. The maximum absolute atomic E-state index is 12.0. The lowest BCUT2D eigenvalue weighted by Gasteiger charge is -2.29. The van der Waals surface area contributed by atoms with Gasteiger partial charge in [-0.05, 0) is 12.8 Å². The first kappa shape index (κ1) is 34.8. The fraction of sp³-hybridized carbons (Fsp3) is 0.842. The Morgan fingerprint density at radius 3 is 1.31 bits per heavy atom. The largest absolute Gasteiger partial charge is 0.469 e. The summed E-state index contributed by atoms with van der Waals surface area (Å²) < 4.78 is 30.3. The van der Waals surface area contributed by atoms with Gasteiger partial charge in [0.15, 0.2) is 0 Å². The van der Waals surface area contributed by atoms with Crippen LogP contribution < -0.4 is 10.6 Å². The smallest absolute Gasteiger partial charge is 0.383 e. The predicted molar refractivity (Wildman–Crippen MR) is 125 cm³/mol. The van der Waals surface area contributed by atoms with E-state index in [0.29, 0.717) is 0 Å². The molecule has 0 aliphatic carbocycles. The number of phosphoric ester groups is 2. The molecule has 0 aromatic carbocycles. The summed E-state index contributed by atoms with van der Waals surface area (Å²) in [6, 6.07) is 0. The molecule has 2 amide bonds. The molecule has 8 N–H and O–H groups in total. The van der Waals surface area contributed by atoms with E-state index < -0.39 is 63.7 Å². The van der Waals surface area contributed by atoms with Crippen molar-refractivity contribution in [1.82, 2.24) is 10.6 Å². The number of carbonyl (C=O) groups excluding carboxylic acids is 3. The minimum absolute atomic E-state index is 0.0752. The van der Waals surface area contributed by atoms with Crippen LogP contribution in [0.5, 0.6) is 0 Å². The quantitative estimate of drug-likeness (QED) is 0.0761. The Kier molecular flexibility index (Phi) is 14.1. The zero-order valence-corrected chi connectivity index (χ0v) is 22.5. The van der Waals surface area contributed by atoms with E-state index in [9.17, 15) is 33.7 Å². The summed E-state index contributed by atoms with van der Waals surface area (Å²) in [6.45, 7) is 4.61. The van der Waals surface area contributed by atoms with Crippen molar-refractivity contribution in [2.45, 2.75) is 65.6 Å². The molecule has 17 heteroatoms. The Labute approximate surface area is 209 Å². The summed E-state index contributed by atoms with van der Waals surface area (Å²) in [5.74, 6) is -1.71. The highest BCUT2D eigenvalue weighted by molar-refractivity contribution is 7.46. The van der Waals surface area contributed by atoms with E-state index >= 15 is 0 Å². The van der Waals surface area contributed by atoms with Crippen molar-refractivity contribution < 1.29 is 62.3 Å². The van der Waals surface area contributed by atoms with Crippen LogP contribution in [0.3, 0.4) is 0 Å². The second kappa shape index (κ2) is 14.6. The zero-order chi connectivity index (χ0) is 28.4. The van der Waals surface area contributed by atoms with Gasteiger partial charge in [-0.1, -0.05) is 27.7 Å². The molecule has 0 rings (SSSR count). The van der Waals surface area contributed by atoms with Gasteiger partial charge >= 0.3 is 15.6 Å². The molecule has 2 atom stereocenters. The SMILES string of the molecule is CC(C)(COP(=O)(O)O)C(O)C(=O)NCCCC(=O)CCCNC(=O)C(O)C(C)(C)COP(=O)(O)O. The lowest BCUT2D eigenvalue weighted by atomic mass is 9.87. The first-order valence-corrected chi connectivity index (χ1v) is 14.1. The topological polar surface area (TPSA) is 249 Å². The monoisotopic (exact) mass is 564 g/mol. The van der Waals surface area contributed by atoms with E-state index in [1.807, 2.05) is 0 Å². The first-order valence-electron chi connectivity index (χ1n) is 11.0. The minimum Gasteiger partial charge on any atom is -0.383 e. The van der Waals surface area contributed by atoms with Crippen molar-refractivity contribution in [3.63, 3.8) is 0 Å². The number of ketones is 1. The maximum Gasteiger partial charge on any atom is 0.469 e. The normalized spacial score (nSPS) is 14.7. The Morgan fingerprint density at radius 2 is 1.03 bits per heavy atom. The molecule has 36 heavy (non-hydrogen) atoms. The number of hydrogen-bond donors (Lipinski definition) is 8. The molecule has 0 bridgehead atoms. The van der Waals surface area contributed by atoms with E-state index in [-0.39, 0.29) is 44.6 Å². The Balaban J connectivity index is 4.22. The molecule has 0 radical (unpaired) electrons. The predicted octanol–water partition coefficient (Wildman–Crippen LogP) is -0.659. The van der Waals surface area contributed by atoms with Gasteiger partial charge in [-0.2, -0.15) is 0 Å². The molecule has 0 aliphatic rings. The van der Waals surface area contributed by atoms with Crippen LogP contribution in [0, 0.1) is 10.8 Å². The lowest BCUT2D eigenvalue weighted by molar-refractivity contribution is -0.137. The summed E-state index contributed by atoms with van der Waals surface area (Å²) >= 11 is 0. The third-order valence-corrected chi connectivity index (χ3v) is 5.98. The summed E-state index contributed by atoms with van der Waals surface area (Å²) in [5, 5.41) is 25.0. The summed E-state index contributed by atoms with van der Waals surface area (Å²) in [6.07, 6.45) is -2.43. The van der Waals surface area contributed by atoms with Crippen LogP contribution in [0.1, 0.15) is 53.4 Å². The number of Topliss-reactive ketones (excluding diaryl/α,β-unsaturated/α-hetero) is 1. The van der Waals surface area contributed by atoms with E-state index in [4.69, 9.17) is 19.6 Å². The number of carbonyl (C=O) groups is 3. The van der Waals surface area contributed by atoms with Crippen LogP contribution in [0.25, 0.3) is 0 Å². The van der Waals surface area contributed by atoms with Crippen LogP contribution in [0.4, 0.5) is 0 Å². The Bertz CT molecular complexity index is 771.